The van der Waals surface area contributed by atoms with Gasteiger partial charge in [-0.3, -0.25) is 14.5 Å². The molecule has 7 heteroatoms. The fraction of sp³-hybridized carbons (Fsp3) is 0.250. The van der Waals surface area contributed by atoms with Crippen molar-refractivity contribution in [2.45, 2.75) is 32.2 Å². The van der Waals surface area contributed by atoms with Crippen LogP contribution in [0.25, 0.3) is 0 Å². The van der Waals surface area contributed by atoms with Crippen molar-refractivity contribution in [3.8, 4) is 0 Å². The Morgan fingerprint density at radius 2 is 1.85 bits per heavy atom. The van der Waals surface area contributed by atoms with Gasteiger partial charge >= 0.3 is 0 Å². The second-order valence-corrected chi connectivity index (χ2v) is 7.59. The summed E-state index contributed by atoms with van der Waals surface area (Å²) < 4.78 is 1.81. The molecule has 5 nitrogen and oxygen atoms in total. The molecule has 0 atom stereocenters. The number of carbonyl (C=O) groups is 1. The number of halogens is 2. The van der Waals surface area contributed by atoms with Gasteiger partial charge in [0.05, 0.1) is 15.5 Å². The summed E-state index contributed by atoms with van der Waals surface area (Å²) in [5.74, 6) is 0.350. The fourth-order valence-electron chi connectivity index (χ4n) is 2.63. The zero-order chi connectivity index (χ0) is 19.4. The van der Waals surface area contributed by atoms with Crippen LogP contribution in [0.4, 0.5) is 5.82 Å². The number of aryl methyl sites for hydroxylation is 2. The SMILES string of the molecule is CC(C)(C(=O)Nc1ccn(CCc2ccncc2)n1)c1ccc(Cl)c(Cl)c1. The number of aromatic nitrogens is 3. The zero-order valence-corrected chi connectivity index (χ0v) is 16.6. The molecule has 140 valence electrons. The third-order valence-electron chi connectivity index (χ3n) is 4.47. The summed E-state index contributed by atoms with van der Waals surface area (Å²) >= 11 is 12.1. The van der Waals surface area contributed by atoms with Crippen LogP contribution < -0.4 is 5.32 Å². The highest BCUT2D eigenvalue weighted by molar-refractivity contribution is 6.42. The van der Waals surface area contributed by atoms with Crippen LogP contribution in [0.2, 0.25) is 10.0 Å². The number of pyridine rings is 1. The molecule has 3 rings (SSSR count). The maximum absolute atomic E-state index is 12.8. The van der Waals surface area contributed by atoms with E-state index in [1.165, 1.54) is 5.56 Å². The lowest BCUT2D eigenvalue weighted by atomic mass is 9.84. The van der Waals surface area contributed by atoms with Crippen LogP contribution in [0, 0.1) is 0 Å². The number of nitrogens with one attached hydrogen (secondary N) is 1. The summed E-state index contributed by atoms with van der Waals surface area (Å²) in [6, 6.07) is 11.0. The monoisotopic (exact) mass is 402 g/mol. The zero-order valence-electron chi connectivity index (χ0n) is 15.1. The topological polar surface area (TPSA) is 59.8 Å². The van der Waals surface area contributed by atoms with Crippen LogP contribution in [0.1, 0.15) is 25.0 Å². The number of carbonyl (C=O) groups excluding carboxylic acids is 1. The lowest BCUT2D eigenvalue weighted by Gasteiger charge is -2.24. The molecule has 1 amide bonds. The van der Waals surface area contributed by atoms with Crippen LogP contribution in [0.3, 0.4) is 0 Å². The first-order valence-electron chi connectivity index (χ1n) is 8.55. The first-order chi connectivity index (χ1) is 12.9. The highest BCUT2D eigenvalue weighted by atomic mass is 35.5. The lowest BCUT2D eigenvalue weighted by molar-refractivity contribution is -0.120. The molecule has 0 aliphatic carbocycles. The molecule has 0 saturated heterocycles. The van der Waals surface area contributed by atoms with Gasteiger partial charge in [-0.05, 0) is 55.7 Å². The number of benzene rings is 1. The van der Waals surface area contributed by atoms with Gasteiger partial charge in [-0.25, -0.2) is 0 Å². The molecule has 2 heterocycles. The van der Waals surface area contributed by atoms with Gasteiger partial charge in [-0.1, -0.05) is 29.3 Å². The molecule has 1 aromatic carbocycles. The van der Waals surface area contributed by atoms with Crippen molar-refractivity contribution < 1.29 is 4.79 Å². The Morgan fingerprint density at radius 1 is 1.11 bits per heavy atom. The van der Waals surface area contributed by atoms with Crippen molar-refractivity contribution >= 4 is 34.9 Å². The number of anilines is 1. The van der Waals surface area contributed by atoms with Crippen LogP contribution >= 0.6 is 23.2 Å². The molecule has 0 spiro atoms. The van der Waals surface area contributed by atoms with E-state index < -0.39 is 5.41 Å². The summed E-state index contributed by atoms with van der Waals surface area (Å²) in [6.45, 7) is 4.39. The number of rotatable bonds is 6. The predicted octanol–water partition coefficient (Wildman–Crippen LogP) is 4.74. The van der Waals surface area contributed by atoms with Crippen molar-refractivity contribution in [1.29, 1.82) is 0 Å². The average Bonchev–Trinajstić information content (AvgIpc) is 3.10. The minimum absolute atomic E-state index is 0.166. The highest BCUT2D eigenvalue weighted by Gasteiger charge is 2.30. The molecule has 0 saturated carbocycles. The predicted molar refractivity (Wildman–Crippen MR) is 108 cm³/mol. The number of hydrogen-bond donors (Lipinski definition) is 1. The Kier molecular flexibility index (Phi) is 5.82. The van der Waals surface area contributed by atoms with Crippen LogP contribution in [0.5, 0.6) is 0 Å². The van der Waals surface area contributed by atoms with Crippen molar-refractivity contribution in [3.63, 3.8) is 0 Å². The van der Waals surface area contributed by atoms with Gasteiger partial charge < -0.3 is 5.32 Å². The van der Waals surface area contributed by atoms with Gasteiger partial charge in [0.1, 0.15) is 0 Å². The molecule has 0 aliphatic heterocycles. The lowest BCUT2D eigenvalue weighted by Crippen LogP contribution is -2.34. The van der Waals surface area contributed by atoms with Crippen LogP contribution in [-0.4, -0.2) is 20.7 Å². The maximum atomic E-state index is 12.8. The first-order valence-corrected chi connectivity index (χ1v) is 9.31. The molecule has 27 heavy (non-hydrogen) atoms. The molecule has 3 aromatic rings. The van der Waals surface area contributed by atoms with E-state index in [0.717, 1.165) is 18.5 Å². The molecular formula is C20H20Cl2N4O. The van der Waals surface area contributed by atoms with E-state index in [1.54, 1.807) is 36.7 Å². The van der Waals surface area contributed by atoms with Crippen molar-refractivity contribution in [2.75, 3.05) is 5.32 Å². The smallest absolute Gasteiger partial charge is 0.235 e. The van der Waals surface area contributed by atoms with E-state index in [2.05, 4.69) is 15.4 Å². The fourth-order valence-corrected chi connectivity index (χ4v) is 2.93. The molecule has 0 fully saturated rings. The average molecular weight is 403 g/mol. The summed E-state index contributed by atoms with van der Waals surface area (Å²) in [6.07, 6.45) is 6.24. The van der Waals surface area contributed by atoms with Gasteiger partial charge in [0.2, 0.25) is 5.91 Å². The van der Waals surface area contributed by atoms with E-state index >= 15 is 0 Å². The Balaban J connectivity index is 1.65. The van der Waals surface area contributed by atoms with E-state index in [9.17, 15) is 4.79 Å². The Bertz CT molecular complexity index is 938. The van der Waals surface area contributed by atoms with Gasteiger partial charge in [0, 0.05) is 31.2 Å². The Hall–Kier alpha value is -2.37. The van der Waals surface area contributed by atoms with Gasteiger partial charge in [0.25, 0.3) is 0 Å². The summed E-state index contributed by atoms with van der Waals surface area (Å²) in [5, 5.41) is 8.19. The normalized spacial score (nSPS) is 11.4. The van der Waals surface area contributed by atoms with Crippen molar-refractivity contribution in [3.05, 3.63) is 76.2 Å². The Morgan fingerprint density at radius 3 is 2.56 bits per heavy atom. The molecular weight excluding hydrogens is 383 g/mol. The van der Waals surface area contributed by atoms with E-state index in [-0.39, 0.29) is 5.91 Å². The largest absolute Gasteiger partial charge is 0.308 e. The molecule has 1 N–H and O–H groups in total. The number of amides is 1. The Labute approximate surface area is 168 Å². The van der Waals surface area contributed by atoms with Gasteiger partial charge in [0.15, 0.2) is 5.82 Å². The minimum Gasteiger partial charge on any atom is -0.308 e. The van der Waals surface area contributed by atoms with Crippen molar-refractivity contribution in [1.82, 2.24) is 14.8 Å². The summed E-state index contributed by atoms with van der Waals surface area (Å²) in [5.41, 5.74) is 1.19. The van der Waals surface area contributed by atoms with Crippen LogP contribution in [-0.2, 0) is 23.2 Å². The number of nitrogens with zero attached hydrogens (tertiary/aromatic N) is 3. The second kappa shape index (κ2) is 8.11. The summed E-state index contributed by atoms with van der Waals surface area (Å²) in [4.78, 5) is 16.8. The molecule has 0 radical (unpaired) electrons. The van der Waals surface area contributed by atoms with Crippen LogP contribution in [0.15, 0.2) is 55.0 Å². The van der Waals surface area contributed by atoms with Gasteiger partial charge in [-0.2, -0.15) is 5.10 Å². The molecule has 0 bridgehead atoms. The third-order valence-corrected chi connectivity index (χ3v) is 5.21. The standard InChI is InChI=1S/C20H20Cl2N4O/c1-20(2,15-3-4-16(21)17(22)13-15)19(27)24-18-8-12-26(25-18)11-7-14-5-9-23-10-6-14/h3-6,8-10,12-13H,7,11H2,1-2H3,(H,24,25,27). The van der Waals surface area contributed by atoms with Gasteiger partial charge in [-0.15, -0.1) is 0 Å². The van der Waals surface area contributed by atoms with E-state index in [0.29, 0.717) is 15.9 Å². The highest BCUT2D eigenvalue weighted by Crippen LogP contribution is 2.30. The first kappa shape index (κ1) is 19.4. The number of hydrogen-bond acceptors (Lipinski definition) is 3. The molecule has 0 aliphatic rings. The molecule has 0 unspecified atom stereocenters. The van der Waals surface area contributed by atoms with E-state index in [1.807, 2.05) is 36.9 Å². The maximum Gasteiger partial charge on any atom is 0.235 e. The minimum atomic E-state index is -0.783. The summed E-state index contributed by atoms with van der Waals surface area (Å²) in [7, 11) is 0. The second-order valence-electron chi connectivity index (χ2n) is 6.78. The molecule has 2 aromatic heterocycles. The van der Waals surface area contributed by atoms with E-state index in [4.69, 9.17) is 23.2 Å². The quantitative estimate of drug-likeness (QED) is 0.647. The third kappa shape index (κ3) is 4.67. The van der Waals surface area contributed by atoms with Crippen molar-refractivity contribution in [2.24, 2.45) is 0 Å².